The van der Waals surface area contributed by atoms with Crippen LogP contribution in [0.5, 0.6) is 0 Å². The highest BCUT2D eigenvalue weighted by Gasteiger charge is 2.27. The van der Waals surface area contributed by atoms with E-state index in [1.54, 1.807) is 18.2 Å². The molecule has 0 spiro atoms. The van der Waals surface area contributed by atoms with Crippen LogP contribution in [0.3, 0.4) is 0 Å². The van der Waals surface area contributed by atoms with Crippen LogP contribution >= 0.6 is 0 Å². The number of esters is 1. The zero-order valence-electron chi connectivity index (χ0n) is 20.5. The number of methoxy groups -OCH3 is 1. The van der Waals surface area contributed by atoms with Gasteiger partial charge in [0.1, 0.15) is 0 Å². The number of fused-ring (bicyclic) bond motifs is 1. The van der Waals surface area contributed by atoms with Crippen molar-refractivity contribution in [3.63, 3.8) is 0 Å². The Morgan fingerprint density at radius 1 is 1.00 bits per heavy atom. The first kappa shape index (κ1) is 23.5. The smallest absolute Gasteiger partial charge is 0.337 e. The number of benzene rings is 2. The molecule has 7 heteroatoms. The Balaban J connectivity index is 1.46. The minimum absolute atomic E-state index is 0.0629. The van der Waals surface area contributed by atoms with Crippen LogP contribution in [0.2, 0.25) is 0 Å². The molecule has 7 nitrogen and oxygen atoms in total. The molecule has 2 aromatic carbocycles. The van der Waals surface area contributed by atoms with E-state index in [1.807, 2.05) is 22.8 Å². The number of hydrogen-bond donors (Lipinski definition) is 0. The van der Waals surface area contributed by atoms with Crippen molar-refractivity contribution >= 4 is 22.8 Å². The van der Waals surface area contributed by atoms with E-state index in [2.05, 4.69) is 21.9 Å². The van der Waals surface area contributed by atoms with E-state index >= 15 is 0 Å². The second kappa shape index (κ2) is 10.6. The third kappa shape index (κ3) is 5.10. The minimum atomic E-state index is -0.426. The maximum absolute atomic E-state index is 13.6. The van der Waals surface area contributed by atoms with E-state index in [9.17, 15) is 9.59 Å². The van der Waals surface area contributed by atoms with Crippen LogP contribution in [0, 0.1) is 0 Å². The molecule has 35 heavy (non-hydrogen) atoms. The highest BCUT2D eigenvalue weighted by atomic mass is 16.5. The van der Waals surface area contributed by atoms with Gasteiger partial charge >= 0.3 is 5.97 Å². The van der Waals surface area contributed by atoms with Crippen LogP contribution in [0.15, 0.2) is 53.3 Å². The number of rotatable bonds is 6. The highest BCUT2D eigenvalue weighted by molar-refractivity contribution is 5.94. The molecule has 0 atom stereocenters. The second-order valence-corrected chi connectivity index (χ2v) is 9.64. The molecule has 0 radical (unpaired) electrons. The third-order valence-electron chi connectivity index (χ3n) is 7.51. The topological polar surface area (TPSA) is 67.7 Å². The number of aromatic nitrogens is 2. The van der Waals surface area contributed by atoms with Crippen LogP contribution < -0.4 is 10.5 Å². The average Bonchev–Trinajstić information content (AvgIpc) is 2.93. The predicted molar refractivity (Wildman–Crippen MR) is 138 cm³/mol. The molecule has 2 aliphatic rings. The molecule has 0 amide bonds. The Kier molecular flexibility index (Phi) is 7.13. The van der Waals surface area contributed by atoms with Gasteiger partial charge < -0.3 is 9.64 Å². The van der Waals surface area contributed by atoms with Crippen LogP contribution in [-0.4, -0.2) is 59.8 Å². The first-order valence-electron chi connectivity index (χ1n) is 12.8. The lowest BCUT2D eigenvalue weighted by Crippen LogP contribution is -2.52. The van der Waals surface area contributed by atoms with E-state index in [0.29, 0.717) is 35.0 Å². The van der Waals surface area contributed by atoms with Crippen molar-refractivity contribution in [2.45, 2.75) is 51.1 Å². The third-order valence-corrected chi connectivity index (χ3v) is 7.51. The Morgan fingerprint density at radius 3 is 2.46 bits per heavy atom. The summed E-state index contributed by atoms with van der Waals surface area (Å²) < 4.78 is 6.70. The summed E-state index contributed by atoms with van der Waals surface area (Å²) in [6.07, 6.45) is 7.37. The van der Waals surface area contributed by atoms with Crippen LogP contribution in [-0.2, 0) is 17.7 Å². The summed E-state index contributed by atoms with van der Waals surface area (Å²) in [5, 5.41) is 0.523. The molecule has 1 aromatic heterocycles. The summed E-state index contributed by atoms with van der Waals surface area (Å²) in [5.41, 5.74) is 2.07. The lowest BCUT2D eigenvalue weighted by Gasteiger charge is -2.41. The lowest BCUT2D eigenvalue weighted by molar-refractivity contribution is 0.0601. The minimum Gasteiger partial charge on any atom is -0.465 e. The Morgan fingerprint density at radius 2 is 1.74 bits per heavy atom. The standard InChI is InChI=1S/C28H34N4O3/c1-35-27(34)22-12-13-24-25(20-22)29-28(32(26(24)33)15-14-21-8-4-2-5-9-21)31-18-16-30(17-19-31)23-10-6-3-7-11-23/h2,4-5,8-9,12-13,20,23H,3,6-7,10-11,14-19H2,1H3. The number of ether oxygens (including phenoxy) is 1. The summed E-state index contributed by atoms with van der Waals surface area (Å²) in [7, 11) is 1.36. The molecule has 1 aliphatic heterocycles. The van der Waals surface area contributed by atoms with Crippen molar-refractivity contribution in [1.82, 2.24) is 14.5 Å². The summed E-state index contributed by atoms with van der Waals surface area (Å²) in [6.45, 7) is 4.22. The van der Waals surface area contributed by atoms with Crippen molar-refractivity contribution in [1.29, 1.82) is 0 Å². The zero-order chi connectivity index (χ0) is 24.2. The normalized spacial score (nSPS) is 17.6. The molecule has 0 unspecified atom stereocenters. The van der Waals surface area contributed by atoms with Gasteiger partial charge in [0.15, 0.2) is 0 Å². The fourth-order valence-corrected chi connectivity index (χ4v) is 5.52. The summed E-state index contributed by atoms with van der Waals surface area (Å²) in [6, 6.07) is 15.9. The summed E-state index contributed by atoms with van der Waals surface area (Å²) >= 11 is 0. The number of carbonyl (C=O) groups is 1. The molecule has 1 saturated carbocycles. The number of piperazine rings is 1. The van der Waals surface area contributed by atoms with Gasteiger partial charge in [-0.25, -0.2) is 9.78 Å². The largest absolute Gasteiger partial charge is 0.465 e. The number of aryl methyl sites for hydroxylation is 1. The number of anilines is 1. The van der Waals surface area contributed by atoms with Gasteiger partial charge in [0.2, 0.25) is 5.95 Å². The Hall–Kier alpha value is -3.19. The maximum atomic E-state index is 13.6. The van der Waals surface area contributed by atoms with Gasteiger partial charge in [0.25, 0.3) is 5.56 Å². The van der Waals surface area contributed by atoms with Crippen molar-refractivity contribution in [2.24, 2.45) is 0 Å². The fraction of sp³-hybridized carbons (Fsp3) is 0.464. The van der Waals surface area contributed by atoms with Crippen molar-refractivity contribution in [3.05, 3.63) is 70.0 Å². The van der Waals surface area contributed by atoms with Gasteiger partial charge in [-0.05, 0) is 43.0 Å². The van der Waals surface area contributed by atoms with E-state index in [4.69, 9.17) is 9.72 Å². The molecule has 0 N–H and O–H groups in total. The number of hydrogen-bond acceptors (Lipinski definition) is 6. The molecule has 3 aromatic rings. The van der Waals surface area contributed by atoms with Gasteiger partial charge in [-0.3, -0.25) is 14.3 Å². The Labute approximate surface area is 206 Å². The molecule has 2 fully saturated rings. The van der Waals surface area contributed by atoms with Crippen LogP contribution in [0.25, 0.3) is 10.9 Å². The summed E-state index contributed by atoms with van der Waals surface area (Å²) in [4.78, 5) is 35.6. The van der Waals surface area contributed by atoms with E-state index in [1.165, 1.54) is 44.8 Å². The Bertz CT molecular complexity index is 1230. The SMILES string of the molecule is COC(=O)c1ccc2c(=O)n(CCc3ccccc3)c(N3CCN(C4CCCCC4)CC3)nc2c1. The van der Waals surface area contributed by atoms with Crippen molar-refractivity contribution in [3.8, 4) is 0 Å². The van der Waals surface area contributed by atoms with Gasteiger partial charge in [-0.2, -0.15) is 0 Å². The molecular weight excluding hydrogens is 440 g/mol. The highest BCUT2D eigenvalue weighted by Crippen LogP contribution is 2.25. The molecule has 1 saturated heterocycles. The lowest BCUT2D eigenvalue weighted by atomic mass is 9.94. The van der Waals surface area contributed by atoms with Gasteiger partial charge in [-0.1, -0.05) is 49.6 Å². The van der Waals surface area contributed by atoms with Gasteiger partial charge in [0.05, 0.1) is 23.6 Å². The van der Waals surface area contributed by atoms with Crippen LogP contribution in [0.4, 0.5) is 5.95 Å². The van der Waals surface area contributed by atoms with Crippen molar-refractivity contribution in [2.75, 3.05) is 38.2 Å². The van der Waals surface area contributed by atoms with E-state index < -0.39 is 5.97 Å². The number of nitrogens with zero attached hydrogens (tertiary/aromatic N) is 4. The van der Waals surface area contributed by atoms with Gasteiger partial charge in [-0.15, -0.1) is 0 Å². The fourth-order valence-electron chi connectivity index (χ4n) is 5.52. The maximum Gasteiger partial charge on any atom is 0.337 e. The first-order chi connectivity index (χ1) is 17.1. The zero-order valence-corrected chi connectivity index (χ0v) is 20.5. The van der Waals surface area contributed by atoms with Crippen LogP contribution in [0.1, 0.15) is 48.0 Å². The molecule has 1 aliphatic carbocycles. The number of carbonyl (C=O) groups excluding carboxylic acids is 1. The molecular formula is C28H34N4O3. The summed E-state index contributed by atoms with van der Waals surface area (Å²) in [5.74, 6) is 0.272. The van der Waals surface area contributed by atoms with E-state index in [0.717, 1.165) is 32.6 Å². The molecule has 2 heterocycles. The molecule has 184 valence electrons. The molecule has 0 bridgehead atoms. The van der Waals surface area contributed by atoms with E-state index in [-0.39, 0.29) is 5.56 Å². The first-order valence-corrected chi connectivity index (χ1v) is 12.8. The van der Waals surface area contributed by atoms with Gasteiger partial charge in [0, 0.05) is 38.8 Å². The average molecular weight is 475 g/mol. The monoisotopic (exact) mass is 474 g/mol. The second-order valence-electron chi connectivity index (χ2n) is 9.64. The quantitative estimate of drug-likeness (QED) is 0.505. The predicted octanol–water partition coefficient (Wildman–Crippen LogP) is 3.88. The van der Waals surface area contributed by atoms with Crippen molar-refractivity contribution < 1.29 is 9.53 Å². The molecule has 5 rings (SSSR count).